The number of hydrogen-bond acceptors (Lipinski definition) is 9. The molecule has 0 amide bonds. The van der Waals surface area contributed by atoms with E-state index in [1.165, 1.54) is 12.1 Å². The molecule has 0 aliphatic heterocycles. The molecule has 0 aliphatic rings. The fourth-order valence-corrected chi connectivity index (χ4v) is 2.70. The summed E-state index contributed by atoms with van der Waals surface area (Å²) in [6.07, 6.45) is -1.06. The van der Waals surface area contributed by atoms with E-state index in [0.29, 0.717) is 11.1 Å². The zero-order valence-electron chi connectivity index (χ0n) is 15.1. The van der Waals surface area contributed by atoms with Crippen molar-refractivity contribution in [1.29, 1.82) is 0 Å². The third kappa shape index (κ3) is 4.88. The van der Waals surface area contributed by atoms with E-state index in [1.54, 1.807) is 48.5 Å². The molecule has 0 aliphatic carbocycles. The first-order valence-corrected chi connectivity index (χ1v) is 8.55. The Morgan fingerprint density at radius 1 is 0.897 bits per heavy atom. The van der Waals surface area contributed by atoms with Crippen LogP contribution in [-0.2, 0) is 0 Å². The molecule has 0 fully saturated rings. The van der Waals surface area contributed by atoms with E-state index in [0.717, 1.165) is 6.07 Å². The molecule has 29 heavy (non-hydrogen) atoms. The minimum atomic E-state index is -1.06. The minimum absolute atomic E-state index is 0.0919. The van der Waals surface area contributed by atoms with Crippen molar-refractivity contribution in [2.24, 2.45) is 5.10 Å². The summed E-state index contributed by atoms with van der Waals surface area (Å²) < 4.78 is 0. The third-order valence-corrected chi connectivity index (χ3v) is 4.15. The fourth-order valence-electron chi connectivity index (χ4n) is 2.70. The average molecular weight is 394 g/mol. The van der Waals surface area contributed by atoms with Gasteiger partial charge in [0.05, 0.1) is 5.69 Å². The normalized spacial score (nSPS) is 12.4. The van der Waals surface area contributed by atoms with Gasteiger partial charge >= 0.3 is 0 Å². The highest BCUT2D eigenvalue weighted by molar-refractivity contribution is 6.04. The summed E-state index contributed by atoms with van der Waals surface area (Å²) in [4.78, 5) is 0. The van der Waals surface area contributed by atoms with E-state index < -0.39 is 11.3 Å². The summed E-state index contributed by atoms with van der Waals surface area (Å²) in [5.41, 5.74) is 3.69. The molecule has 0 aromatic heterocycles. The number of hydrazone groups is 1. The molecule has 3 aromatic rings. The lowest BCUT2D eigenvalue weighted by molar-refractivity contribution is 0.0295. The second-order valence-electron chi connectivity index (χ2n) is 6.04. The van der Waals surface area contributed by atoms with Crippen molar-refractivity contribution in [1.82, 2.24) is 0 Å². The number of aliphatic hydroxyl groups excluding tert-OH is 1. The van der Waals surface area contributed by atoms with E-state index in [-0.39, 0.29) is 28.0 Å². The van der Waals surface area contributed by atoms with Crippen LogP contribution >= 0.6 is 0 Å². The fraction of sp³-hybridized carbons (Fsp3) is 0.0500. The highest BCUT2D eigenvalue weighted by Gasteiger charge is 2.18. The van der Waals surface area contributed by atoms with Gasteiger partial charge in [0.25, 0.3) is 0 Å². The first kappa shape index (κ1) is 20.3. The van der Waals surface area contributed by atoms with Gasteiger partial charge in [-0.2, -0.15) is 5.10 Å². The van der Waals surface area contributed by atoms with Crippen molar-refractivity contribution in [3.8, 4) is 0 Å². The van der Waals surface area contributed by atoms with Gasteiger partial charge in [-0.3, -0.25) is 15.8 Å². The van der Waals surface area contributed by atoms with Crippen molar-refractivity contribution in [2.75, 3.05) is 15.9 Å². The van der Waals surface area contributed by atoms with E-state index in [9.17, 15) is 25.9 Å². The molecule has 1 atom stereocenters. The Labute approximate surface area is 166 Å². The number of nitrogens with zero attached hydrogens (tertiary/aromatic N) is 3. The lowest BCUT2D eigenvalue weighted by atomic mass is 9.99. The lowest BCUT2D eigenvalue weighted by Crippen LogP contribution is -2.17. The summed E-state index contributed by atoms with van der Waals surface area (Å²) in [5.74, 6) is 0. The number of benzene rings is 3. The molecule has 3 rings (SSSR count). The molecule has 0 bridgehead atoms. The molecular weight excluding hydrogens is 376 g/mol. The Morgan fingerprint density at radius 2 is 1.52 bits per heavy atom. The van der Waals surface area contributed by atoms with Gasteiger partial charge in [0, 0.05) is 11.3 Å². The zero-order valence-corrected chi connectivity index (χ0v) is 15.1. The van der Waals surface area contributed by atoms with Crippen LogP contribution in [0.15, 0.2) is 84.0 Å². The van der Waals surface area contributed by atoms with Crippen LogP contribution in [0.5, 0.6) is 0 Å². The Hall–Kier alpha value is -3.47. The van der Waals surface area contributed by atoms with Crippen LogP contribution in [0.3, 0.4) is 0 Å². The van der Waals surface area contributed by atoms with Crippen LogP contribution in [0.2, 0.25) is 0 Å². The molecule has 0 unspecified atom stereocenters. The Kier molecular flexibility index (Phi) is 6.39. The average Bonchev–Trinajstić information content (AvgIpc) is 2.75. The maximum atomic E-state index is 10.9. The molecule has 0 saturated heterocycles. The van der Waals surface area contributed by atoms with E-state index in [4.69, 9.17) is 0 Å². The molecule has 150 valence electrons. The monoisotopic (exact) mass is 394 g/mol. The highest BCUT2D eigenvalue weighted by atomic mass is 16.8. The van der Waals surface area contributed by atoms with E-state index in [1.807, 2.05) is 12.1 Å². The number of rotatable bonds is 7. The smallest absolute Gasteiger partial charge is 0.123 e. The maximum Gasteiger partial charge on any atom is 0.123 e. The molecule has 0 radical (unpaired) electrons. The van der Waals surface area contributed by atoms with E-state index in [2.05, 4.69) is 10.5 Å². The second-order valence-corrected chi connectivity index (χ2v) is 6.04. The molecule has 0 heterocycles. The molecule has 3 aromatic carbocycles. The molecule has 0 saturated carbocycles. The summed E-state index contributed by atoms with van der Waals surface area (Å²) in [5, 5.41) is 54.9. The van der Waals surface area contributed by atoms with Gasteiger partial charge < -0.3 is 20.7 Å². The Bertz CT molecular complexity index is 965. The van der Waals surface area contributed by atoms with Crippen LogP contribution < -0.4 is 15.9 Å². The zero-order chi connectivity index (χ0) is 20.8. The van der Waals surface area contributed by atoms with Gasteiger partial charge in [0.2, 0.25) is 0 Å². The van der Waals surface area contributed by atoms with Crippen molar-refractivity contribution >= 4 is 22.8 Å². The standard InChI is InChI=1S/C20H18N4O5/c25-20(15-9-5-2-6-10-15)19(14-7-3-1-4-8-14)22-21-17-12-11-16(23(26)27)13-18(17)24(28)29/h1-13,20-21,25,28-29H/q-2/t20-/m0/s1. The van der Waals surface area contributed by atoms with Gasteiger partial charge in [-0.05, 0) is 23.8 Å². The van der Waals surface area contributed by atoms with Crippen LogP contribution in [0, 0.1) is 10.4 Å². The number of nitrogens with one attached hydrogen (secondary N) is 1. The molecule has 9 heteroatoms. The topological polar surface area (TPSA) is 138 Å². The Morgan fingerprint density at radius 3 is 2.10 bits per heavy atom. The van der Waals surface area contributed by atoms with Crippen LogP contribution in [0.1, 0.15) is 17.2 Å². The number of aliphatic hydroxyl groups is 1. The molecule has 0 spiro atoms. The summed E-state index contributed by atoms with van der Waals surface area (Å²) >= 11 is 0. The molecule has 9 nitrogen and oxygen atoms in total. The number of hydrogen-bond donors (Lipinski definition) is 4. The van der Waals surface area contributed by atoms with Crippen molar-refractivity contribution in [3.63, 3.8) is 0 Å². The lowest BCUT2D eigenvalue weighted by Gasteiger charge is -2.37. The predicted octanol–water partition coefficient (Wildman–Crippen LogP) is 3.62. The number of anilines is 3. The first-order chi connectivity index (χ1) is 14.0. The Balaban J connectivity index is 1.99. The third-order valence-electron chi connectivity index (χ3n) is 4.15. The summed E-state index contributed by atoms with van der Waals surface area (Å²) in [6, 6.07) is 21.3. The minimum Gasteiger partial charge on any atom is -0.769 e. The molecule has 4 N–H and O–H groups in total. The maximum absolute atomic E-state index is 10.9. The SMILES string of the molecule is [O-]N([O-])c1ccc(NN=C(c2ccccc2)[C@@H](O)c2ccccc2)c(N(O)O)c1. The van der Waals surface area contributed by atoms with Crippen LogP contribution in [0.25, 0.3) is 0 Å². The summed E-state index contributed by atoms with van der Waals surface area (Å²) in [6.45, 7) is 0. The highest BCUT2D eigenvalue weighted by Crippen LogP contribution is 2.30. The van der Waals surface area contributed by atoms with Gasteiger partial charge in [-0.25, -0.2) is 0 Å². The van der Waals surface area contributed by atoms with E-state index >= 15 is 0 Å². The first-order valence-electron chi connectivity index (χ1n) is 8.55. The van der Waals surface area contributed by atoms with Gasteiger partial charge in [-0.1, -0.05) is 60.7 Å². The predicted molar refractivity (Wildman–Crippen MR) is 110 cm³/mol. The van der Waals surface area contributed by atoms with Gasteiger partial charge in [0.15, 0.2) is 0 Å². The quantitative estimate of drug-likeness (QED) is 0.352. The second kappa shape index (κ2) is 9.15. The van der Waals surface area contributed by atoms with Crippen molar-refractivity contribution in [2.45, 2.75) is 6.10 Å². The van der Waals surface area contributed by atoms with Crippen molar-refractivity contribution in [3.05, 3.63) is 100 Å². The van der Waals surface area contributed by atoms with Gasteiger partial charge in [-0.15, -0.1) is 5.23 Å². The summed E-state index contributed by atoms with van der Waals surface area (Å²) in [7, 11) is 0. The molecular formula is C20H18N4O5-2. The van der Waals surface area contributed by atoms with Crippen molar-refractivity contribution < 1.29 is 15.5 Å². The van der Waals surface area contributed by atoms with Crippen LogP contribution in [0.4, 0.5) is 17.1 Å². The van der Waals surface area contributed by atoms with Crippen LogP contribution in [-0.4, -0.2) is 21.2 Å². The van der Waals surface area contributed by atoms with Gasteiger partial charge in [0.1, 0.15) is 17.5 Å². The largest absolute Gasteiger partial charge is 0.769 e.